The summed E-state index contributed by atoms with van der Waals surface area (Å²) in [5.41, 5.74) is 2.74. The summed E-state index contributed by atoms with van der Waals surface area (Å²) in [5.74, 6) is 0.945. The first kappa shape index (κ1) is 10.6. The molecule has 2 aromatic heterocycles. The standard InChI is InChI=1S/C13H14N2O/c1-9-8-12(11(3)16)10(2)15(9)13-6-4-5-7-14-13/h4-8H,1-3H3. The van der Waals surface area contributed by atoms with Gasteiger partial charge in [0.2, 0.25) is 0 Å². The maximum Gasteiger partial charge on any atom is 0.161 e. The van der Waals surface area contributed by atoms with Crippen molar-refractivity contribution < 1.29 is 4.79 Å². The monoisotopic (exact) mass is 214 g/mol. The van der Waals surface area contributed by atoms with E-state index in [0.29, 0.717) is 0 Å². The van der Waals surface area contributed by atoms with Crippen molar-refractivity contribution in [3.63, 3.8) is 0 Å². The number of aryl methyl sites for hydroxylation is 1. The molecule has 3 heteroatoms. The van der Waals surface area contributed by atoms with E-state index in [2.05, 4.69) is 4.98 Å². The minimum absolute atomic E-state index is 0.0929. The normalized spacial score (nSPS) is 10.4. The minimum atomic E-state index is 0.0929. The fourth-order valence-electron chi connectivity index (χ4n) is 1.96. The molecule has 2 aromatic rings. The van der Waals surface area contributed by atoms with Gasteiger partial charge in [0.25, 0.3) is 0 Å². The summed E-state index contributed by atoms with van der Waals surface area (Å²) in [6, 6.07) is 7.66. The summed E-state index contributed by atoms with van der Waals surface area (Å²) in [4.78, 5) is 15.7. The molecule has 16 heavy (non-hydrogen) atoms. The Kier molecular flexibility index (Phi) is 2.60. The van der Waals surface area contributed by atoms with Crippen molar-refractivity contribution in [1.82, 2.24) is 9.55 Å². The molecular weight excluding hydrogens is 200 g/mol. The third kappa shape index (κ3) is 1.65. The molecule has 82 valence electrons. The number of Topliss-reactive ketones (excluding diaryl/α,β-unsaturated/α-hetero) is 1. The van der Waals surface area contributed by atoms with Gasteiger partial charge in [-0.05, 0) is 39.0 Å². The van der Waals surface area contributed by atoms with Gasteiger partial charge < -0.3 is 4.57 Å². The number of hydrogen-bond acceptors (Lipinski definition) is 2. The summed E-state index contributed by atoms with van der Waals surface area (Å²) in [6.45, 7) is 5.51. The minimum Gasteiger partial charge on any atom is -0.302 e. The lowest BCUT2D eigenvalue weighted by Crippen LogP contribution is -2.02. The Balaban J connectivity index is 2.63. The average molecular weight is 214 g/mol. The summed E-state index contributed by atoms with van der Waals surface area (Å²) in [5, 5.41) is 0. The molecular formula is C13H14N2O. The molecule has 0 amide bonds. The topological polar surface area (TPSA) is 34.9 Å². The molecule has 2 rings (SSSR count). The summed E-state index contributed by atoms with van der Waals surface area (Å²) in [7, 11) is 0. The molecule has 0 N–H and O–H groups in total. The van der Waals surface area contributed by atoms with Crippen LogP contribution in [0.2, 0.25) is 0 Å². The number of carbonyl (C=O) groups is 1. The molecule has 0 aliphatic rings. The lowest BCUT2D eigenvalue weighted by atomic mass is 10.2. The second-order valence-corrected chi connectivity index (χ2v) is 3.86. The van der Waals surface area contributed by atoms with Gasteiger partial charge in [0.05, 0.1) is 0 Å². The van der Waals surface area contributed by atoms with E-state index in [0.717, 1.165) is 22.8 Å². The molecule has 0 aromatic carbocycles. The average Bonchev–Trinajstić information content (AvgIpc) is 2.56. The van der Waals surface area contributed by atoms with Crippen molar-refractivity contribution >= 4 is 5.78 Å². The molecule has 0 aliphatic carbocycles. The van der Waals surface area contributed by atoms with Crippen molar-refractivity contribution in [3.05, 3.63) is 47.4 Å². The third-order valence-corrected chi connectivity index (χ3v) is 2.69. The summed E-state index contributed by atoms with van der Waals surface area (Å²) >= 11 is 0. The van der Waals surface area contributed by atoms with Crippen LogP contribution in [0, 0.1) is 13.8 Å². The highest BCUT2D eigenvalue weighted by molar-refractivity contribution is 5.95. The van der Waals surface area contributed by atoms with Crippen LogP contribution in [-0.2, 0) is 0 Å². The van der Waals surface area contributed by atoms with Crippen LogP contribution >= 0.6 is 0 Å². The highest BCUT2D eigenvalue weighted by Gasteiger charge is 2.13. The predicted molar refractivity (Wildman–Crippen MR) is 63.0 cm³/mol. The van der Waals surface area contributed by atoms with Gasteiger partial charge in [-0.1, -0.05) is 6.07 Å². The van der Waals surface area contributed by atoms with Gasteiger partial charge in [-0.2, -0.15) is 0 Å². The van der Waals surface area contributed by atoms with Gasteiger partial charge in [0.1, 0.15) is 5.82 Å². The van der Waals surface area contributed by atoms with Crippen molar-refractivity contribution in [1.29, 1.82) is 0 Å². The van der Waals surface area contributed by atoms with E-state index >= 15 is 0 Å². The van der Waals surface area contributed by atoms with Gasteiger partial charge >= 0.3 is 0 Å². The van der Waals surface area contributed by atoms with Gasteiger partial charge in [-0.3, -0.25) is 4.79 Å². The zero-order chi connectivity index (χ0) is 11.7. The number of aromatic nitrogens is 2. The molecule has 0 fully saturated rings. The molecule has 0 saturated carbocycles. The van der Waals surface area contributed by atoms with Crippen LogP contribution in [0.5, 0.6) is 0 Å². The highest BCUT2D eigenvalue weighted by Crippen LogP contribution is 2.19. The molecule has 2 heterocycles. The van der Waals surface area contributed by atoms with E-state index in [1.807, 2.05) is 42.7 Å². The Labute approximate surface area is 94.7 Å². The first-order valence-corrected chi connectivity index (χ1v) is 5.22. The van der Waals surface area contributed by atoms with E-state index in [4.69, 9.17) is 0 Å². The number of ketones is 1. The number of rotatable bonds is 2. The number of hydrogen-bond donors (Lipinski definition) is 0. The Morgan fingerprint density at radius 1 is 1.31 bits per heavy atom. The second-order valence-electron chi connectivity index (χ2n) is 3.86. The Hall–Kier alpha value is -1.90. The summed E-state index contributed by atoms with van der Waals surface area (Å²) in [6.07, 6.45) is 1.75. The van der Waals surface area contributed by atoms with E-state index in [9.17, 15) is 4.79 Å². The number of nitrogens with zero attached hydrogens (tertiary/aromatic N) is 2. The second kappa shape index (κ2) is 3.93. The van der Waals surface area contributed by atoms with Crippen LogP contribution < -0.4 is 0 Å². The fourth-order valence-corrected chi connectivity index (χ4v) is 1.96. The molecule has 0 atom stereocenters. The Bertz CT molecular complexity index is 526. The van der Waals surface area contributed by atoms with Crippen molar-refractivity contribution in [2.45, 2.75) is 20.8 Å². The molecule has 0 unspecified atom stereocenters. The van der Waals surface area contributed by atoms with Crippen LogP contribution in [0.15, 0.2) is 30.5 Å². The molecule has 0 spiro atoms. The zero-order valence-electron chi connectivity index (χ0n) is 9.69. The quantitative estimate of drug-likeness (QED) is 0.720. The van der Waals surface area contributed by atoms with Gasteiger partial charge in [-0.25, -0.2) is 4.98 Å². The molecule has 0 radical (unpaired) electrons. The molecule has 3 nitrogen and oxygen atoms in total. The smallest absolute Gasteiger partial charge is 0.161 e. The largest absolute Gasteiger partial charge is 0.302 e. The van der Waals surface area contributed by atoms with Gasteiger partial charge in [0.15, 0.2) is 5.78 Å². The molecule has 0 bridgehead atoms. The predicted octanol–water partition coefficient (Wildman–Crippen LogP) is 2.69. The van der Waals surface area contributed by atoms with E-state index in [-0.39, 0.29) is 5.78 Å². The first-order chi connectivity index (χ1) is 7.61. The zero-order valence-corrected chi connectivity index (χ0v) is 9.69. The van der Waals surface area contributed by atoms with Crippen LogP contribution in [0.3, 0.4) is 0 Å². The lowest BCUT2D eigenvalue weighted by molar-refractivity contribution is 0.101. The Morgan fingerprint density at radius 2 is 2.06 bits per heavy atom. The molecule has 0 aliphatic heterocycles. The first-order valence-electron chi connectivity index (χ1n) is 5.22. The number of pyridine rings is 1. The van der Waals surface area contributed by atoms with E-state index in [1.165, 1.54) is 0 Å². The van der Waals surface area contributed by atoms with Gasteiger partial charge in [-0.15, -0.1) is 0 Å². The maximum atomic E-state index is 11.4. The van der Waals surface area contributed by atoms with Crippen LogP contribution in [0.4, 0.5) is 0 Å². The van der Waals surface area contributed by atoms with Crippen LogP contribution in [0.1, 0.15) is 28.7 Å². The van der Waals surface area contributed by atoms with Crippen molar-refractivity contribution in [2.75, 3.05) is 0 Å². The lowest BCUT2D eigenvalue weighted by Gasteiger charge is -2.07. The van der Waals surface area contributed by atoms with Crippen molar-refractivity contribution in [2.24, 2.45) is 0 Å². The van der Waals surface area contributed by atoms with Crippen molar-refractivity contribution in [3.8, 4) is 5.82 Å². The fraction of sp³-hybridized carbons (Fsp3) is 0.231. The third-order valence-electron chi connectivity index (χ3n) is 2.69. The highest BCUT2D eigenvalue weighted by atomic mass is 16.1. The van der Waals surface area contributed by atoms with E-state index in [1.54, 1.807) is 13.1 Å². The van der Waals surface area contributed by atoms with E-state index < -0.39 is 0 Å². The Morgan fingerprint density at radius 3 is 2.56 bits per heavy atom. The maximum absolute atomic E-state index is 11.4. The number of carbonyl (C=O) groups excluding carboxylic acids is 1. The summed E-state index contributed by atoms with van der Waals surface area (Å²) < 4.78 is 2.00. The molecule has 0 saturated heterocycles. The SMILES string of the molecule is CC(=O)c1cc(C)n(-c2ccccn2)c1C. The van der Waals surface area contributed by atoms with Crippen LogP contribution in [-0.4, -0.2) is 15.3 Å². The van der Waals surface area contributed by atoms with Gasteiger partial charge in [0, 0.05) is 23.1 Å². The van der Waals surface area contributed by atoms with Crippen LogP contribution in [0.25, 0.3) is 5.82 Å².